The zero-order valence-corrected chi connectivity index (χ0v) is 14.4. The van der Waals surface area contributed by atoms with Crippen molar-refractivity contribution in [1.82, 2.24) is 10.3 Å². The fourth-order valence-electron chi connectivity index (χ4n) is 3.13. The van der Waals surface area contributed by atoms with Crippen LogP contribution in [0.3, 0.4) is 0 Å². The van der Waals surface area contributed by atoms with Crippen LogP contribution in [0.25, 0.3) is 0 Å². The molecule has 1 aromatic heterocycles. The second kappa shape index (κ2) is 7.92. The second-order valence-corrected chi connectivity index (χ2v) is 6.56. The van der Waals surface area contributed by atoms with Crippen molar-refractivity contribution < 1.29 is 9.59 Å². The van der Waals surface area contributed by atoms with Gasteiger partial charge in [0.2, 0.25) is 0 Å². The van der Waals surface area contributed by atoms with Gasteiger partial charge >= 0.3 is 0 Å². The third-order valence-electron chi connectivity index (χ3n) is 4.47. The van der Waals surface area contributed by atoms with Crippen LogP contribution in [0.1, 0.15) is 58.5 Å². The van der Waals surface area contributed by atoms with Crippen LogP contribution in [0.15, 0.2) is 42.6 Å². The summed E-state index contributed by atoms with van der Waals surface area (Å²) in [7, 11) is 0. The smallest absolute Gasteiger partial charge is 0.270 e. The Balaban J connectivity index is 1.67. The number of hydrogen-bond donors (Lipinski definition) is 2. The maximum absolute atomic E-state index is 12.4. The van der Waals surface area contributed by atoms with Gasteiger partial charge in [0.25, 0.3) is 11.8 Å². The zero-order chi connectivity index (χ0) is 17.6. The van der Waals surface area contributed by atoms with E-state index in [1.165, 1.54) is 12.6 Å². The Hall–Kier alpha value is -2.69. The lowest BCUT2D eigenvalue weighted by Crippen LogP contribution is -2.36. The standard InChI is InChI=1S/C20H23N3O2/c1-14-6-5-9-17(12-14)23-19(24)15-10-11-21-18(13-15)20(25)22-16-7-3-2-4-8-16/h5-6,9-13,16H,2-4,7-8H2,1H3,(H,22,25)(H,23,24). The van der Waals surface area contributed by atoms with Gasteiger partial charge in [0.15, 0.2) is 0 Å². The molecule has 1 aromatic carbocycles. The van der Waals surface area contributed by atoms with E-state index in [0.29, 0.717) is 5.56 Å². The molecule has 1 aliphatic carbocycles. The molecule has 5 nitrogen and oxygen atoms in total. The van der Waals surface area contributed by atoms with Crippen LogP contribution in [-0.2, 0) is 0 Å². The van der Waals surface area contributed by atoms with E-state index in [9.17, 15) is 9.59 Å². The van der Waals surface area contributed by atoms with E-state index in [0.717, 1.165) is 36.9 Å². The highest BCUT2D eigenvalue weighted by Crippen LogP contribution is 2.18. The number of hydrogen-bond acceptors (Lipinski definition) is 3. The summed E-state index contributed by atoms with van der Waals surface area (Å²) in [6, 6.07) is 11.0. The molecular weight excluding hydrogens is 314 g/mol. The van der Waals surface area contributed by atoms with Crippen molar-refractivity contribution in [2.45, 2.75) is 45.1 Å². The number of carbonyl (C=O) groups is 2. The van der Waals surface area contributed by atoms with Gasteiger partial charge in [0.1, 0.15) is 5.69 Å². The van der Waals surface area contributed by atoms with Gasteiger partial charge < -0.3 is 10.6 Å². The minimum Gasteiger partial charge on any atom is -0.348 e. The Morgan fingerprint density at radius 1 is 1.04 bits per heavy atom. The van der Waals surface area contributed by atoms with Gasteiger partial charge in [-0.05, 0) is 49.6 Å². The molecule has 5 heteroatoms. The van der Waals surface area contributed by atoms with E-state index in [1.807, 2.05) is 31.2 Å². The van der Waals surface area contributed by atoms with Gasteiger partial charge in [-0.1, -0.05) is 31.4 Å². The minimum atomic E-state index is -0.250. The summed E-state index contributed by atoms with van der Waals surface area (Å²) >= 11 is 0. The van der Waals surface area contributed by atoms with Gasteiger partial charge in [-0.2, -0.15) is 0 Å². The fourth-order valence-corrected chi connectivity index (χ4v) is 3.13. The summed E-state index contributed by atoms with van der Waals surface area (Å²) in [5, 5.41) is 5.87. The van der Waals surface area contributed by atoms with Crippen LogP contribution in [0.5, 0.6) is 0 Å². The first-order valence-electron chi connectivity index (χ1n) is 8.77. The molecule has 130 valence electrons. The van der Waals surface area contributed by atoms with Crippen molar-refractivity contribution in [3.63, 3.8) is 0 Å². The molecule has 0 unspecified atom stereocenters. The van der Waals surface area contributed by atoms with Crippen molar-refractivity contribution in [1.29, 1.82) is 0 Å². The number of benzene rings is 1. The molecule has 3 rings (SSSR count). The molecule has 1 fully saturated rings. The Labute approximate surface area is 147 Å². The molecule has 2 amide bonds. The number of carbonyl (C=O) groups excluding carboxylic acids is 2. The summed E-state index contributed by atoms with van der Waals surface area (Å²) in [4.78, 5) is 28.9. The molecule has 1 saturated carbocycles. The van der Waals surface area contributed by atoms with E-state index in [2.05, 4.69) is 15.6 Å². The number of rotatable bonds is 4. The highest BCUT2D eigenvalue weighted by molar-refractivity contribution is 6.05. The molecule has 0 atom stereocenters. The van der Waals surface area contributed by atoms with Gasteiger partial charge in [0.05, 0.1) is 0 Å². The van der Waals surface area contributed by atoms with Crippen LogP contribution in [0.2, 0.25) is 0 Å². The molecule has 0 bridgehead atoms. The van der Waals surface area contributed by atoms with Crippen LogP contribution in [0, 0.1) is 6.92 Å². The highest BCUT2D eigenvalue weighted by Gasteiger charge is 2.18. The molecule has 2 N–H and O–H groups in total. The molecule has 0 saturated heterocycles. The van der Waals surface area contributed by atoms with Gasteiger partial charge in [-0.3, -0.25) is 14.6 Å². The Kier molecular flexibility index (Phi) is 5.43. The van der Waals surface area contributed by atoms with Crippen molar-refractivity contribution in [2.75, 3.05) is 5.32 Å². The minimum absolute atomic E-state index is 0.211. The van der Waals surface area contributed by atoms with E-state index in [4.69, 9.17) is 0 Å². The zero-order valence-electron chi connectivity index (χ0n) is 14.4. The van der Waals surface area contributed by atoms with Crippen molar-refractivity contribution in [3.8, 4) is 0 Å². The predicted octanol–water partition coefficient (Wildman–Crippen LogP) is 3.70. The molecular formula is C20H23N3O2. The quantitative estimate of drug-likeness (QED) is 0.893. The van der Waals surface area contributed by atoms with E-state index in [-0.39, 0.29) is 23.6 Å². The average Bonchev–Trinajstić information content (AvgIpc) is 2.62. The van der Waals surface area contributed by atoms with Crippen LogP contribution in [-0.4, -0.2) is 22.8 Å². The maximum atomic E-state index is 12.4. The molecule has 2 aromatic rings. The number of amides is 2. The van der Waals surface area contributed by atoms with E-state index < -0.39 is 0 Å². The summed E-state index contributed by atoms with van der Waals surface area (Å²) < 4.78 is 0. The predicted molar refractivity (Wildman–Crippen MR) is 97.7 cm³/mol. The molecule has 1 aliphatic rings. The largest absolute Gasteiger partial charge is 0.348 e. The topological polar surface area (TPSA) is 71.1 Å². The van der Waals surface area contributed by atoms with Crippen molar-refractivity contribution in [3.05, 3.63) is 59.4 Å². The van der Waals surface area contributed by atoms with Gasteiger partial charge in [0, 0.05) is 23.5 Å². The van der Waals surface area contributed by atoms with Crippen LogP contribution >= 0.6 is 0 Å². The second-order valence-electron chi connectivity index (χ2n) is 6.56. The van der Waals surface area contributed by atoms with Crippen LogP contribution in [0.4, 0.5) is 5.69 Å². The van der Waals surface area contributed by atoms with E-state index in [1.54, 1.807) is 12.1 Å². The molecule has 0 aliphatic heterocycles. The third kappa shape index (κ3) is 4.66. The first kappa shape index (κ1) is 17.1. The fraction of sp³-hybridized carbons (Fsp3) is 0.350. The summed E-state index contributed by atoms with van der Waals surface area (Å²) in [5.74, 6) is -0.461. The van der Waals surface area contributed by atoms with Crippen LogP contribution < -0.4 is 10.6 Å². The van der Waals surface area contributed by atoms with Gasteiger partial charge in [-0.25, -0.2) is 0 Å². The maximum Gasteiger partial charge on any atom is 0.270 e. The number of nitrogens with zero attached hydrogens (tertiary/aromatic N) is 1. The normalized spacial score (nSPS) is 14.8. The average molecular weight is 337 g/mol. The molecule has 0 radical (unpaired) electrons. The lowest BCUT2D eigenvalue weighted by atomic mass is 9.95. The summed E-state index contributed by atoms with van der Waals surface area (Å²) in [6.07, 6.45) is 7.06. The number of pyridine rings is 1. The molecule has 25 heavy (non-hydrogen) atoms. The Morgan fingerprint density at radius 3 is 2.60 bits per heavy atom. The lowest BCUT2D eigenvalue weighted by Gasteiger charge is -2.22. The van der Waals surface area contributed by atoms with Gasteiger partial charge in [-0.15, -0.1) is 0 Å². The first-order chi connectivity index (χ1) is 12.1. The number of nitrogens with one attached hydrogen (secondary N) is 2. The highest BCUT2D eigenvalue weighted by atomic mass is 16.2. The van der Waals surface area contributed by atoms with Crippen molar-refractivity contribution >= 4 is 17.5 Å². The van der Waals surface area contributed by atoms with E-state index >= 15 is 0 Å². The Bertz CT molecular complexity index is 767. The molecule has 1 heterocycles. The SMILES string of the molecule is Cc1cccc(NC(=O)c2ccnc(C(=O)NC3CCCCC3)c2)c1. The monoisotopic (exact) mass is 337 g/mol. The Morgan fingerprint density at radius 2 is 1.84 bits per heavy atom. The molecule has 0 spiro atoms. The number of anilines is 1. The first-order valence-corrected chi connectivity index (χ1v) is 8.77. The number of aryl methyl sites for hydroxylation is 1. The summed E-state index contributed by atoms with van der Waals surface area (Å²) in [6.45, 7) is 1.97. The number of aromatic nitrogens is 1. The third-order valence-corrected chi connectivity index (χ3v) is 4.47. The van der Waals surface area contributed by atoms with Crippen molar-refractivity contribution in [2.24, 2.45) is 0 Å². The summed E-state index contributed by atoms with van der Waals surface area (Å²) in [5.41, 5.74) is 2.50. The lowest BCUT2D eigenvalue weighted by molar-refractivity contribution is 0.0922.